The summed E-state index contributed by atoms with van der Waals surface area (Å²) in [6, 6.07) is 8.00. The van der Waals surface area contributed by atoms with Crippen LogP contribution in [0.1, 0.15) is 30.4 Å². The summed E-state index contributed by atoms with van der Waals surface area (Å²) in [6.07, 6.45) is 5.74. The molecule has 2 aromatic heterocycles. The molecule has 7 heteroatoms. The number of oxazole rings is 1. The minimum absolute atomic E-state index is 0.286. The Labute approximate surface area is 146 Å². The van der Waals surface area contributed by atoms with Crippen LogP contribution < -0.4 is 4.74 Å². The number of aromatic nitrogens is 4. The van der Waals surface area contributed by atoms with Gasteiger partial charge in [-0.1, -0.05) is 0 Å². The van der Waals surface area contributed by atoms with Crippen LogP contribution in [0.25, 0.3) is 11.5 Å². The van der Waals surface area contributed by atoms with Gasteiger partial charge in [-0.15, -0.1) is 10.2 Å². The van der Waals surface area contributed by atoms with E-state index in [0.29, 0.717) is 5.89 Å². The summed E-state index contributed by atoms with van der Waals surface area (Å²) in [5, 5.41) is 8.28. The first-order chi connectivity index (χ1) is 12.2. The van der Waals surface area contributed by atoms with Gasteiger partial charge in [0.2, 0.25) is 5.89 Å². The third-order valence-electron chi connectivity index (χ3n) is 4.66. The van der Waals surface area contributed by atoms with Gasteiger partial charge in [-0.25, -0.2) is 4.98 Å². The third-order valence-corrected chi connectivity index (χ3v) is 4.66. The van der Waals surface area contributed by atoms with Crippen molar-refractivity contribution in [2.75, 3.05) is 13.7 Å². The molecule has 0 aliphatic carbocycles. The van der Waals surface area contributed by atoms with Gasteiger partial charge in [-0.2, -0.15) is 0 Å². The molecule has 4 rings (SSSR count). The lowest BCUT2D eigenvalue weighted by Gasteiger charge is -2.22. The SMILES string of the molecule is COc1ccc(-c2nc(CN3CCCC3c3nncn3C)co2)cc1. The van der Waals surface area contributed by atoms with Crippen molar-refractivity contribution < 1.29 is 9.15 Å². The Morgan fingerprint density at radius 2 is 2.12 bits per heavy atom. The minimum atomic E-state index is 0.286. The van der Waals surface area contributed by atoms with Crippen LogP contribution in [0.3, 0.4) is 0 Å². The van der Waals surface area contributed by atoms with Gasteiger partial charge in [0.25, 0.3) is 0 Å². The molecule has 3 heterocycles. The molecule has 25 heavy (non-hydrogen) atoms. The number of rotatable bonds is 5. The van der Waals surface area contributed by atoms with Gasteiger partial charge in [-0.05, 0) is 43.7 Å². The van der Waals surface area contributed by atoms with Crippen LogP contribution in [0.15, 0.2) is 41.3 Å². The van der Waals surface area contributed by atoms with E-state index < -0.39 is 0 Å². The summed E-state index contributed by atoms with van der Waals surface area (Å²) in [6.45, 7) is 1.78. The number of nitrogens with zero attached hydrogens (tertiary/aromatic N) is 5. The molecule has 0 saturated carbocycles. The zero-order valence-corrected chi connectivity index (χ0v) is 14.4. The van der Waals surface area contributed by atoms with Crippen LogP contribution in [0.5, 0.6) is 5.75 Å². The predicted octanol–water partition coefficient (Wildman–Crippen LogP) is 2.82. The first-order valence-electron chi connectivity index (χ1n) is 8.41. The molecule has 1 unspecified atom stereocenters. The topological polar surface area (TPSA) is 69.2 Å². The second-order valence-corrected chi connectivity index (χ2v) is 6.30. The summed E-state index contributed by atoms with van der Waals surface area (Å²) in [7, 11) is 3.64. The average molecular weight is 339 g/mol. The van der Waals surface area contributed by atoms with Crippen molar-refractivity contribution in [3.05, 3.63) is 48.4 Å². The predicted molar refractivity (Wildman–Crippen MR) is 91.9 cm³/mol. The molecule has 1 fully saturated rings. The number of likely N-dealkylation sites (tertiary alicyclic amines) is 1. The number of benzene rings is 1. The Bertz CT molecular complexity index is 839. The van der Waals surface area contributed by atoms with Crippen LogP contribution in [-0.4, -0.2) is 38.3 Å². The van der Waals surface area contributed by atoms with Gasteiger partial charge in [0.15, 0.2) is 0 Å². The molecule has 1 aromatic carbocycles. The summed E-state index contributed by atoms with van der Waals surface area (Å²) in [4.78, 5) is 7.03. The van der Waals surface area contributed by atoms with E-state index in [1.165, 1.54) is 0 Å². The monoisotopic (exact) mass is 339 g/mol. The number of ether oxygens (including phenoxy) is 1. The molecule has 7 nitrogen and oxygen atoms in total. The van der Waals surface area contributed by atoms with E-state index in [9.17, 15) is 0 Å². The molecular weight excluding hydrogens is 318 g/mol. The molecule has 0 spiro atoms. The largest absolute Gasteiger partial charge is 0.497 e. The summed E-state index contributed by atoms with van der Waals surface area (Å²) < 4.78 is 12.9. The Balaban J connectivity index is 1.49. The molecular formula is C18H21N5O2. The summed E-state index contributed by atoms with van der Waals surface area (Å²) in [5.74, 6) is 2.46. The smallest absolute Gasteiger partial charge is 0.226 e. The molecule has 0 bridgehead atoms. The van der Waals surface area contributed by atoms with E-state index in [0.717, 1.165) is 48.8 Å². The van der Waals surface area contributed by atoms with Gasteiger partial charge in [0.05, 0.1) is 18.8 Å². The number of aryl methyl sites for hydroxylation is 1. The second kappa shape index (κ2) is 6.68. The minimum Gasteiger partial charge on any atom is -0.497 e. The molecule has 1 atom stereocenters. The fraction of sp³-hybridized carbons (Fsp3) is 0.389. The van der Waals surface area contributed by atoms with Crippen molar-refractivity contribution in [1.29, 1.82) is 0 Å². The molecule has 1 aliphatic rings. The number of hydrogen-bond acceptors (Lipinski definition) is 6. The zero-order valence-electron chi connectivity index (χ0n) is 14.4. The number of hydrogen-bond donors (Lipinski definition) is 0. The normalized spacial score (nSPS) is 17.9. The quantitative estimate of drug-likeness (QED) is 0.712. The molecule has 0 amide bonds. The van der Waals surface area contributed by atoms with Crippen molar-refractivity contribution in [3.63, 3.8) is 0 Å². The van der Waals surface area contributed by atoms with Crippen LogP contribution in [0.4, 0.5) is 0 Å². The van der Waals surface area contributed by atoms with Crippen molar-refractivity contribution in [2.24, 2.45) is 7.05 Å². The number of methoxy groups -OCH3 is 1. The van der Waals surface area contributed by atoms with E-state index in [1.54, 1.807) is 19.7 Å². The Morgan fingerprint density at radius 1 is 1.28 bits per heavy atom. The maximum absolute atomic E-state index is 5.67. The van der Waals surface area contributed by atoms with Gasteiger partial charge < -0.3 is 13.7 Å². The van der Waals surface area contributed by atoms with Crippen LogP contribution in [-0.2, 0) is 13.6 Å². The lowest BCUT2D eigenvalue weighted by molar-refractivity contribution is 0.233. The van der Waals surface area contributed by atoms with Gasteiger partial charge in [0.1, 0.15) is 24.2 Å². The van der Waals surface area contributed by atoms with Crippen molar-refractivity contribution in [3.8, 4) is 17.2 Å². The van der Waals surface area contributed by atoms with Gasteiger partial charge >= 0.3 is 0 Å². The molecule has 130 valence electrons. The maximum atomic E-state index is 5.67. The Morgan fingerprint density at radius 3 is 2.84 bits per heavy atom. The zero-order chi connectivity index (χ0) is 17.2. The fourth-order valence-electron chi connectivity index (χ4n) is 3.36. The van der Waals surface area contributed by atoms with E-state index in [-0.39, 0.29) is 6.04 Å². The van der Waals surface area contributed by atoms with E-state index in [4.69, 9.17) is 9.15 Å². The highest BCUT2D eigenvalue weighted by Gasteiger charge is 2.30. The molecule has 1 aliphatic heterocycles. The van der Waals surface area contributed by atoms with Crippen LogP contribution >= 0.6 is 0 Å². The summed E-state index contributed by atoms with van der Waals surface area (Å²) in [5.41, 5.74) is 1.87. The average Bonchev–Trinajstić information content (AvgIpc) is 3.37. The Hall–Kier alpha value is -2.67. The van der Waals surface area contributed by atoms with E-state index in [1.807, 2.05) is 35.9 Å². The fourth-order valence-corrected chi connectivity index (χ4v) is 3.36. The van der Waals surface area contributed by atoms with Crippen molar-refractivity contribution >= 4 is 0 Å². The molecule has 1 saturated heterocycles. The first-order valence-corrected chi connectivity index (χ1v) is 8.41. The lowest BCUT2D eigenvalue weighted by atomic mass is 10.2. The molecule has 3 aromatic rings. The first kappa shape index (κ1) is 15.8. The highest BCUT2D eigenvalue weighted by molar-refractivity contribution is 5.54. The van der Waals surface area contributed by atoms with E-state index >= 15 is 0 Å². The van der Waals surface area contributed by atoms with Gasteiger partial charge in [-0.3, -0.25) is 4.90 Å². The van der Waals surface area contributed by atoms with Crippen LogP contribution in [0.2, 0.25) is 0 Å². The lowest BCUT2D eigenvalue weighted by Crippen LogP contribution is -2.25. The standard InChI is InChI=1S/C18H21N5O2/c1-22-12-19-21-17(22)16-4-3-9-23(16)10-14-11-25-18(20-14)13-5-7-15(24-2)8-6-13/h5-8,11-12,16H,3-4,9-10H2,1-2H3. The van der Waals surface area contributed by atoms with Crippen LogP contribution in [0, 0.1) is 0 Å². The van der Waals surface area contributed by atoms with Gasteiger partial charge in [0, 0.05) is 19.2 Å². The van der Waals surface area contributed by atoms with Crippen molar-refractivity contribution in [1.82, 2.24) is 24.6 Å². The Kier molecular flexibility index (Phi) is 4.23. The van der Waals surface area contributed by atoms with E-state index in [2.05, 4.69) is 20.1 Å². The highest BCUT2D eigenvalue weighted by Crippen LogP contribution is 2.32. The van der Waals surface area contributed by atoms with Crippen molar-refractivity contribution in [2.45, 2.75) is 25.4 Å². The molecule has 0 N–H and O–H groups in total. The molecule has 0 radical (unpaired) electrons. The summed E-state index contributed by atoms with van der Waals surface area (Å²) >= 11 is 0. The second-order valence-electron chi connectivity index (χ2n) is 6.30. The highest BCUT2D eigenvalue weighted by atomic mass is 16.5. The maximum Gasteiger partial charge on any atom is 0.226 e. The third kappa shape index (κ3) is 3.15.